The van der Waals surface area contributed by atoms with E-state index in [9.17, 15) is 0 Å². The fourth-order valence-corrected chi connectivity index (χ4v) is 8.08. The molecule has 0 bridgehead atoms. The first kappa shape index (κ1) is 30.8. The fraction of sp³-hybridized carbons (Fsp3) is 0. The van der Waals surface area contributed by atoms with Gasteiger partial charge in [-0.25, -0.2) is 0 Å². The maximum atomic E-state index is 2.35. The highest BCUT2D eigenvalue weighted by molar-refractivity contribution is 6.28. The minimum atomic E-state index is 1.11. The van der Waals surface area contributed by atoms with E-state index in [4.69, 9.17) is 0 Å². The molecule has 0 aliphatic heterocycles. The summed E-state index contributed by atoms with van der Waals surface area (Å²) >= 11 is 0. The van der Waals surface area contributed by atoms with E-state index >= 15 is 0 Å². The van der Waals surface area contributed by atoms with Crippen LogP contribution in [0.15, 0.2) is 212 Å². The van der Waals surface area contributed by atoms with Crippen LogP contribution in [0.5, 0.6) is 0 Å². The molecule has 0 amide bonds. The van der Waals surface area contributed by atoms with Gasteiger partial charge in [-0.2, -0.15) is 0 Å². The molecule has 10 rings (SSSR count). The van der Waals surface area contributed by atoms with E-state index in [-0.39, 0.29) is 0 Å². The van der Waals surface area contributed by atoms with Crippen molar-refractivity contribution in [2.45, 2.75) is 0 Å². The Labute approximate surface area is 309 Å². The highest BCUT2D eigenvalue weighted by Gasteiger charge is 2.15. The van der Waals surface area contributed by atoms with Gasteiger partial charge in [0.25, 0.3) is 0 Å². The Bertz CT molecular complexity index is 2920. The molecule has 0 saturated heterocycles. The van der Waals surface area contributed by atoms with Crippen LogP contribution in [0.1, 0.15) is 0 Å². The fourth-order valence-electron chi connectivity index (χ4n) is 8.08. The van der Waals surface area contributed by atoms with Crippen molar-refractivity contribution in [3.8, 4) is 33.4 Å². The van der Waals surface area contributed by atoms with E-state index in [0.29, 0.717) is 0 Å². The van der Waals surface area contributed by atoms with Gasteiger partial charge in [0, 0.05) is 17.1 Å². The number of anilines is 3. The Morgan fingerprint density at radius 3 is 1.55 bits per heavy atom. The third-order valence-corrected chi connectivity index (χ3v) is 10.6. The normalized spacial score (nSPS) is 11.4. The largest absolute Gasteiger partial charge is 0.310 e. The molecular weight excluding hydrogens is 639 g/mol. The highest BCUT2D eigenvalue weighted by Crippen LogP contribution is 2.41. The molecule has 0 aliphatic rings. The van der Waals surface area contributed by atoms with Crippen LogP contribution in [-0.4, -0.2) is 0 Å². The monoisotopic (exact) mass is 673 g/mol. The summed E-state index contributed by atoms with van der Waals surface area (Å²) in [7, 11) is 0. The number of nitrogens with zero attached hydrogens (tertiary/aromatic N) is 1. The molecule has 0 radical (unpaired) electrons. The van der Waals surface area contributed by atoms with Crippen molar-refractivity contribution < 1.29 is 0 Å². The molecule has 0 N–H and O–H groups in total. The van der Waals surface area contributed by atoms with Crippen LogP contribution in [0, 0.1) is 0 Å². The Kier molecular flexibility index (Phi) is 7.55. The predicted molar refractivity (Wildman–Crippen MR) is 227 cm³/mol. The number of hydrogen-bond acceptors (Lipinski definition) is 1. The molecule has 1 nitrogen and oxygen atoms in total. The van der Waals surface area contributed by atoms with Crippen LogP contribution in [0.4, 0.5) is 17.1 Å². The van der Waals surface area contributed by atoms with Gasteiger partial charge in [0.1, 0.15) is 0 Å². The molecule has 0 spiro atoms. The van der Waals surface area contributed by atoms with E-state index < -0.39 is 0 Å². The molecule has 0 saturated carbocycles. The van der Waals surface area contributed by atoms with Crippen molar-refractivity contribution in [1.29, 1.82) is 0 Å². The van der Waals surface area contributed by atoms with Crippen molar-refractivity contribution in [2.24, 2.45) is 0 Å². The molecule has 0 heterocycles. The second-order valence-corrected chi connectivity index (χ2v) is 13.7. The number of rotatable bonds is 6. The summed E-state index contributed by atoms with van der Waals surface area (Å²) < 4.78 is 0. The first-order valence-corrected chi connectivity index (χ1v) is 18.3. The molecule has 0 atom stereocenters. The van der Waals surface area contributed by atoms with E-state index in [1.807, 2.05) is 0 Å². The summed E-state index contributed by atoms with van der Waals surface area (Å²) in [4.78, 5) is 2.34. The van der Waals surface area contributed by atoms with Crippen molar-refractivity contribution in [1.82, 2.24) is 0 Å². The van der Waals surface area contributed by atoms with Gasteiger partial charge in [-0.15, -0.1) is 0 Å². The molecule has 0 unspecified atom stereocenters. The zero-order chi connectivity index (χ0) is 35.1. The van der Waals surface area contributed by atoms with Crippen molar-refractivity contribution in [3.63, 3.8) is 0 Å². The third kappa shape index (κ3) is 5.51. The van der Waals surface area contributed by atoms with Gasteiger partial charge in [0.05, 0.1) is 0 Å². The molecule has 0 aromatic heterocycles. The SMILES string of the molecule is c1ccc(-c2ccc(N(c3ccccc3)c3cccc(-c4cccc(-c5cccc6c5ccc5ccc7ccc8ccccc8c7c56)c4)c3)cc2)cc1. The zero-order valence-electron chi connectivity index (χ0n) is 29.2. The summed E-state index contributed by atoms with van der Waals surface area (Å²) in [5.41, 5.74) is 10.6. The Morgan fingerprint density at radius 1 is 0.245 bits per heavy atom. The molecule has 53 heavy (non-hydrogen) atoms. The summed E-state index contributed by atoms with van der Waals surface area (Å²) in [5, 5.41) is 10.3. The van der Waals surface area contributed by atoms with Gasteiger partial charge < -0.3 is 4.90 Å². The van der Waals surface area contributed by atoms with Gasteiger partial charge in [0.2, 0.25) is 0 Å². The van der Waals surface area contributed by atoms with Gasteiger partial charge in [-0.05, 0) is 119 Å². The average molecular weight is 674 g/mol. The van der Waals surface area contributed by atoms with Gasteiger partial charge in [-0.1, -0.05) is 170 Å². The van der Waals surface area contributed by atoms with Gasteiger partial charge in [0.15, 0.2) is 0 Å². The Morgan fingerprint density at radius 2 is 0.755 bits per heavy atom. The lowest BCUT2D eigenvalue weighted by atomic mass is 9.90. The standard InChI is InChI=1S/C52H35N/c1-3-12-36(13-4-1)37-28-31-45(32-29-37)53(44-18-5-2-6-19-44)46-20-10-16-42(35-46)41-15-9-17-43(34-41)47-22-11-23-50-49(47)33-30-40-27-26-39-25-24-38-14-7-8-21-48(38)51(39)52(40)50/h1-35H. The van der Waals surface area contributed by atoms with Crippen LogP contribution in [0.25, 0.3) is 76.5 Å². The molecule has 1 heteroatoms. The quantitative estimate of drug-likeness (QED) is 0.159. The van der Waals surface area contributed by atoms with Crippen molar-refractivity contribution in [2.75, 3.05) is 4.90 Å². The van der Waals surface area contributed by atoms with Crippen LogP contribution in [0.3, 0.4) is 0 Å². The minimum absolute atomic E-state index is 1.11. The van der Waals surface area contributed by atoms with Crippen LogP contribution >= 0.6 is 0 Å². The predicted octanol–water partition coefficient (Wildman–Crippen LogP) is 14.8. The van der Waals surface area contributed by atoms with E-state index in [1.165, 1.54) is 76.5 Å². The second kappa shape index (κ2) is 13.0. The van der Waals surface area contributed by atoms with E-state index in [1.54, 1.807) is 0 Å². The van der Waals surface area contributed by atoms with E-state index in [2.05, 4.69) is 217 Å². The number of para-hydroxylation sites is 1. The average Bonchev–Trinajstić information content (AvgIpc) is 3.24. The lowest BCUT2D eigenvalue weighted by molar-refractivity contribution is 1.28. The second-order valence-electron chi connectivity index (χ2n) is 13.7. The Balaban J connectivity index is 1.07. The highest BCUT2D eigenvalue weighted by atomic mass is 15.1. The zero-order valence-corrected chi connectivity index (χ0v) is 29.2. The van der Waals surface area contributed by atoms with Crippen LogP contribution in [-0.2, 0) is 0 Å². The summed E-state index contributed by atoms with van der Waals surface area (Å²) in [5.74, 6) is 0. The summed E-state index contributed by atoms with van der Waals surface area (Å²) in [6.07, 6.45) is 0. The molecule has 0 aliphatic carbocycles. The van der Waals surface area contributed by atoms with Crippen LogP contribution in [0.2, 0.25) is 0 Å². The lowest BCUT2D eigenvalue weighted by Crippen LogP contribution is -2.09. The number of benzene rings is 10. The topological polar surface area (TPSA) is 3.24 Å². The lowest BCUT2D eigenvalue weighted by Gasteiger charge is -2.26. The number of hydrogen-bond donors (Lipinski definition) is 0. The van der Waals surface area contributed by atoms with E-state index in [0.717, 1.165) is 17.1 Å². The summed E-state index contributed by atoms with van der Waals surface area (Å²) in [6.45, 7) is 0. The minimum Gasteiger partial charge on any atom is -0.310 e. The first-order chi connectivity index (χ1) is 26.3. The molecule has 248 valence electrons. The molecule has 0 fully saturated rings. The molecule has 10 aromatic rings. The molecule has 10 aromatic carbocycles. The third-order valence-electron chi connectivity index (χ3n) is 10.6. The van der Waals surface area contributed by atoms with Gasteiger partial charge >= 0.3 is 0 Å². The first-order valence-electron chi connectivity index (χ1n) is 18.3. The Hall–Kier alpha value is -6.96. The van der Waals surface area contributed by atoms with Gasteiger partial charge in [-0.3, -0.25) is 0 Å². The van der Waals surface area contributed by atoms with Crippen LogP contribution < -0.4 is 4.90 Å². The maximum absolute atomic E-state index is 2.35. The smallest absolute Gasteiger partial charge is 0.0467 e. The van der Waals surface area contributed by atoms with Crippen molar-refractivity contribution >= 4 is 60.2 Å². The number of fused-ring (bicyclic) bond motifs is 7. The summed E-state index contributed by atoms with van der Waals surface area (Å²) in [6, 6.07) is 77.1. The van der Waals surface area contributed by atoms with Crippen molar-refractivity contribution in [3.05, 3.63) is 212 Å². The maximum Gasteiger partial charge on any atom is 0.0467 e. The molecular formula is C52H35N.